The lowest BCUT2D eigenvalue weighted by molar-refractivity contribution is 0.0943. The molecule has 1 aromatic heterocycles. The van der Waals surface area contributed by atoms with Crippen LogP contribution < -0.4 is 11.1 Å². The van der Waals surface area contributed by atoms with Gasteiger partial charge in [-0.25, -0.2) is 0 Å². The summed E-state index contributed by atoms with van der Waals surface area (Å²) in [5, 5.41) is 3.39. The molecule has 0 aliphatic heterocycles. The molecule has 0 radical (unpaired) electrons. The lowest BCUT2D eigenvalue weighted by atomic mass is 9.99. The topological polar surface area (TPSA) is 60.0 Å². The number of aryl methyl sites for hydroxylation is 1. The van der Waals surface area contributed by atoms with Gasteiger partial charge in [0.25, 0.3) is 5.91 Å². The maximum atomic E-state index is 12.1. The van der Waals surface area contributed by atoms with Crippen LogP contribution in [0, 0.1) is 0 Å². The predicted octanol–water partition coefficient (Wildman–Crippen LogP) is 3.23. The van der Waals surface area contributed by atoms with Crippen molar-refractivity contribution in [2.75, 3.05) is 6.54 Å². The number of hydrogen-bond donors (Lipinski definition) is 2. The van der Waals surface area contributed by atoms with E-state index >= 15 is 0 Å². The molecule has 0 aliphatic carbocycles. The molecule has 2 rings (SSSR count). The van der Waals surface area contributed by atoms with Crippen molar-refractivity contribution in [2.45, 2.75) is 25.8 Å². The Morgan fingerprint density at radius 1 is 1.27 bits per heavy atom. The highest BCUT2D eigenvalue weighted by Crippen LogP contribution is 2.17. The van der Waals surface area contributed by atoms with Crippen molar-refractivity contribution in [1.29, 1.82) is 0 Å². The number of nitrogens with two attached hydrogens (primary N) is 1. The predicted molar refractivity (Wildman–Crippen MR) is 90.2 cm³/mol. The minimum atomic E-state index is -0.235. The molecule has 2 aromatic rings. The number of benzene rings is 1. The largest absolute Gasteiger partial charge is 0.349 e. The molecule has 4 nitrogen and oxygen atoms in total. The molecule has 1 amide bonds. The Labute approximate surface area is 136 Å². The van der Waals surface area contributed by atoms with Crippen molar-refractivity contribution < 1.29 is 4.79 Å². The van der Waals surface area contributed by atoms with Gasteiger partial charge in [-0.05, 0) is 23.1 Å². The van der Waals surface area contributed by atoms with E-state index < -0.39 is 0 Å². The molecule has 0 bridgehead atoms. The van der Waals surface area contributed by atoms with E-state index in [2.05, 4.69) is 31.3 Å². The number of carbonyl (C=O) groups is 1. The van der Waals surface area contributed by atoms with Gasteiger partial charge in [0, 0.05) is 25.8 Å². The molecule has 0 spiro atoms. The van der Waals surface area contributed by atoms with E-state index in [0.29, 0.717) is 23.2 Å². The fourth-order valence-electron chi connectivity index (χ4n) is 2.29. The first-order chi connectivity index (χ1) is 10.4. The first-order valence-corrected chi connectivity index (χ1v) is 7.71. The number of amides is 1. The van der Waals surface area contributed by atoms with Crippen LogP contribution in [0.5, 0.6) is 0 Å². The Balaban J connectivity index is 1.96. The molecule has 0 saturated carbocycles. The van der Waals surface area contributed by atoms with Crippen molar-refractivity contribution in [2.24, 2.45) is 12.8 Å². The van der Waals surface area contributed by atoms with Crippen molar-refractivity contribution in [3.05, 3.63) is 58.4 Å². The molecule has 1 atom stereocenters. The molecule has 0 saturated heterocycles. The van der Waals surface area contributed by atoms with Crippen LogP contribution in [0.2, 0.25) is 5.02 Å². The fraction of sp³-hybridized carbons (Fsp3) is 0.353. The summed E-state index contributed by atoms with van der Waals surface area (Å²) in [6, 6.07) is 9.61. The number of rotatable bonds is 5. The number of carbonyl (C=O) groups excluding carboxylic acids is 1. The molecule has 3 N–H and O–H groups in total. The van der Waals surface area contributed by atoms with Crippen LogP contribution in [0.25, 0.3) is 0 Å². The number of hydrogen-bond acceptors (Lipinski definition) is 2. The first-order valence-electron chi connectivity index (χ1n) is 7.34. The summed E-state index contributed by atoms with van der Waals surface area (Å²) < 4.78 is 1.70. The second kappa shape index (κ2) is 6.99. The SMILES string of the molecule is CC(C)c1ccc(C(N)CNC(=O)c2cc(Cl)cn2C)cc1. The zero-order chi connectivity index (χ0) is 16.3. The van der Waals surface area contributed by atoms with E-state index in [9.17, 15) is 4.79 Å². The second-order valence-electron chi connectivity index (χ2n) is 5.79. The van der Waals surface area contributed by atoms with Gasteiger partial charge in [-0.15, -0.1) is 0 Å². The van der Waals surface area contributed by atoms with E-state index in [1.54, 1.807) is 23.9 Å². The van der Waals surface area contributed by atoms with Crippen LogP contribution in [0.3, 0.4) is 0 Å². The lowest BCUT2D eigenvalue weighted by Crippen LogP contribution is -2.32. The highest BCUT2D eigenvalue weighted by atomic mass is 35.5. The van der Waals surface area contributed by atoms with Gasteiger partial charge in [-0.3, -0.25) is 4.79 Å². The highest BCUT2D eigenvalue weighted by molar-refractivity contribution is 6.31. The Morgan fingerprint density at radius 3 is 2.36 bits per heavy atom. The first kappa shape index (κ1) is 16.6. The second-order valence-corrected chi connectivity index (χ2v) is 6.23. The average molecular weight is 320 g/mol. The van der Waals surface area contributed by atoms with Gasteiger partial charge in [0.1, 0.15) is 5.69 Å². The number of halogens is 1. The van der Waals surface area contributed by atoms with Crippen LogP contribution in [-0.4, -0.2) is 17.0 Å². The average Bonchev–Trinajstić information content (AvgIpc) is 2.83. The van der Waals surface area contributed by atoms with Gasteiger partial charge in [-0.1, -0.05) is 49.7 Å². The quantitative estimate of drug-likeness (QED) is 0.889. The van der Waals surface area contributed by atoms with E-state index in [1.165, 1.54) is 5.56 Å². The Kier molecular flexibility index (Phi) is 5.27. The molecule has 22 heavy (non-hydrogen) atoms. The standard InChI is InChI=1S/C17H22ClN3O/c1-11(2)12-4-6-13(7-5-12)15(19)9-20-17(22)16-8-14(18)10-21(16)3/h4-8,10-11,15H,9,19H2,1-3H3,(H,20,22). The Hall–Kier alpha value is -1.78. The molecule has 118 valence electrons. The minimum absolute atomic E-state index is 0.177. The molecular weight excluding hydrogens is 298 g/mol. The maximum absolute atomic E-state index is 12.1. The van der Waals surface area contributed by atoms with Gasteiger partial charge in [-0.2, -0.15) is 0 Å². The molecule has 1 heterocycles. The monoisotopic (exact) mass is 319 g/mol. The minimum Gasteiger partial charge on any atom is -0.349 e. The van der Waals surface area contributed by atoms with Gasteiger partial charge in [0.2, 0.25) is 0 Å². The van der Waals surface area contributed by atoms with E-state index in [1.807, 2.05) is 12.1 Å². The van der Waals surface area contributed by atoms with Crippen LogP contribution >= 0.6 is 11.6 Å². The third kappa shape index (κ3) is 3.90. The molecule has 1 aromatic carbocycles. The van der Waals surface area contributed by atoms with E-state index in [-0.39, 0.29) is 11.9 Å². The fourth-order valence-corrected chi connectivity index (χ4v) is 2.54. The van der Waals surface area contributed by atoms with Crippen molar-refractivity contribution >= 4 is 17.5 Å². The summed E-state index contributed by atoms with van der Waals surface area (Å²) in [5.74, 6) is 0.315. The normalized spacial score (nSPS) is 12.5. The molecule has 0 aliphatic rings. The van der Waals surface area contributed by atoms with E-state index in [0.717, 1.165) is 5.56 Å². The maximum Gasteiger partial charge on any atom is 0.268 e. The number of nitrogens with one attached hydrogen (secondary N) is 1. The van der Waals surface area contributed by atoms with Crippen LogP contribution in [0.15, 0.2) is 36.5 Å². The Bertz CT molecular complexity index is 646. The summed E-state index contributed by atoms with van der Waals surface area (Å²) in [5.41, 5.74) is 8.95. The molecule has 0 fully saturated rings. The van der Waals surface area contributed by atoms with Crippen molar-refractivity contribution in [3.8, 4) is 0 Å². The third-order valence-corrected chi connectivity index (χ3v) is 3.92. The van der Waals surface area contributed by atoms with Crippen LogP contribution in [0.4, 0.5) is 0 Å². The smallest absolute Gasteiger partial charge is 0.268 e. The summed E-state index contributed by atoms with van der Waals surface area (Å²) >= 11 is 5.88. The summed E-state index contributed by atoms with van der Waals surface area (Å²) in [7, 11) is 1.78. The van der Waals surface area contributed by atoms with Crippen LogP contribution in [0.1, 0.15) is 47.4 Å². The summed E-state index contributed by atoms with van der Waals surface area (Å²) in [6.45, 7) is 4.68. The van der Waals surface area contributed by atoms with Crippen molar-refractivity contribution in [1.82, 2.24) is 9.88 Å². The highest BCUT2D eigenvalue weighted by Gasteiger charge is 2.13. The molecular formula is C17H22ClN3O. The zero-order valence-corrected chi connectivity index (χ0v) is 13.9. The van der Waals surface area contributed by atoms with Gasteiger partial charge >= 0.3 is 0 Å². The van der Waals surface area contributed by atoms with Crippen LogP contribution in [-0.2, 0) is 7.05 Å². The molecule has 1 unspecified atom stereocenters. The van der Waals surface area contributed by atoms with Gasteiger partial charge < -0.3 is 15.6 Å². The third-order valence-electron chi connectivity index (χ3n) is 3.72. The summed E-state index contributed by atoms with van der Waals surface area (Å²) in [4.78, 5) is 12.1. The summed E-state index contributed by atoms with van der Waals surface area (Å²) in [6.07, 6.45) is 1.70. The van der Waals surface area contributed by atoms with Gasteiger partial charge in [0.15, 0.2) is 0 Å². The Morgan fingerprint density at radius 2 is 1.86 bits per heavy atom. The lowest BCUT2D eigenvalue weighted by Gasteiger charge is -2.14. The zero-order valence-electron chi connectivity index (χ0n) is 13.1. The van der Waals surface area contributed by atoms with Crippen molar-refractivity contribution in [3.63, 3.8) is 0 Å². The number of nitrogens with zero attached hydrogens (tertiary/aromatic N) is 1. The number of aromatic nitrogens is 1. The van der Waals surface area contributed by atoms with E-state index in [4.69, 9.17) is 17.3 Å². The van der Waals surface area contributed by atoms with Gasteiger partial charge in [0.05, 0.1) is 5.02 Å². The molecule has 5 heteroatoms.